The highest BCUT2D eigenvalue weighted by molar-refractivity contribution is 5.89. The molecule has 1 aromatic carbocycles. The van der Waals surface area contributed by atoms with Crippen molar-refractivity contribution in [3.8, 4) is 0 Å². The first kappa shape index (κ1) is 10.5. The summed E-state index contributed by atoms with van der Waals surface area (Å²) in [4.78, 5) is 11.2. The second-order valence-corrected chi connectivity index (χ2v) is 3.15. The number of hydrogen-bond donors (Lipinski definition) is 0. The second kappa shape index (κ2) is 4.61. The van der Waals surface area contributed by atoms with Crippen LogP contribution in [0.15, 0.2) is 42.5 Å². The fourth-order valence-electron chi connectivity index (χ4n) is 1.25. The van der Waals surface area contributed by atoms with Crippen LogP contribution < -0.4 is 0 Å². The van der Waals surface area contributed by atoms with Crippen LogP contribution >= 0.6 is 0 Å². The van der Waals surface area contributed by atoms with Gasteiger partial charge in [-0.15, -0.1) is 0 Å². The largest absolute Gasteiger partial charge is 0.466 e. The Morgan fingerprint density at radius 1 is 1.36 bits per heavy atom. The first-order chi connectivity index (χ1) is 6.66. The third kappa shape index (κ3) is 2.22. The molecule has 0 N–H and O–H groups in total. The van der Waals surface area contributed by atoms with Crippen LogP contribution in [-0.4, -0.2) is 13.1 Å². The zero-order chi connectivity index (χ0) is 10.6. The lowest BCUT2D eigenvalue weighted by molar-refractivity contribution is -0.136. The number of benzene rings is 1. The summed E-state index contributed by atoms with van der Waals surface area (Å²) in [6.07, 6.45) is 0. The van der Waals surface area contributed by atoms with Gasteiger partial charge in [-0.1, -0.05) is 43.8 Å². The van der Waals surface area contributed by atoms with Crippen molar-refractivity contribution in [2.75, 3.05) is 7.11 Å². The Morgan fingerprint density at radius 3 is 2.43 bits per heavy atom. The number of methoxy groups -OCH3 is 1. The first-order valence-electron chi connectivity index (χ1n) is 4.49. The van der Waals surface area contributed by atoms with E-state index >= 15 is 0 Å². The highest BCUT2D eigenvalue weighted by Gasteiger charge is 2.16. The standard InChI is InChI=1S/C12H14O2/c1-9(10(2)12(13)14-3)11-7-5-4-6-8-11/h4-9H,2H2,1,3H3/t9-/m1/s1. The molecule has 14 heavy (non-hydrogen) atoms. The molecule has 0 amide bonds. The average molecular weight is 190 g/mol. The summed E-state index contributed by atoms with van der Waals surface area (Å²) >= 11 is 0. The summed E-state index contributed by atoms with van der Waals surface area (Å²) in [5, 5.41) is 0. The summed E-state index contributed by atoms with van der Waals surface area (Å²) in [5.41, 5.74) is 1.56. The van der Waals surface area contributed by atoms with Gasteiger partial charge in [-0.2, -0.15) is 0 Å². The molecule has 0 aromatic heterocycles. The summed E-state index contributed by atoms with van der Waals surface area (Å²) in [6, 6.07) is 9.77. The van der Waals surface area contributed by atoms with Gasteiger partial charge in [-0.05, 0) is 5.56 Å². The van der Waals surface area contributed by atoms with Crippen molar-refractivity contribution in [1.29, 1.82) is 0 Å². The molecule has 2 nitrogen and oxygen atoms in total. The maximum atomic E-state index is 11.2. The molecule has 0 saturated heterocycles. The van der Waals surface area contributed by atoms with Gasteiger partial charge in [0.1, 0.15) is 0 Å². The van der Waals surface area contributed by atoms with Crippen LogP contribution in [0.5, 0.6) is 0 Å². The monoisotopic (exact) mass is 190 g/mol. The van der Waals surface area contributed by atoms with Crippen LogP contribution in [0.2, 0.25) is 0 Å². The Labute approximate surface area is 84.2 Å². The molecular formula is C12H14O2. The molecule has 0 saturated carbocycles. The normalized spacial score (nSPS) is 11.9. The lowest BCUT2D eigenvalue weighted by Crippen LogP contribution is -2.09. The molecular weight excluding hydrogens is 176 g/mol. The van der Waals surface area contributed by atoms with Gasteiger partial charge in [0.25, 0.3) is 0 Å². The Balaban J connectivity index is 2.81. The van der Waals surface area contributed by atoms with Crippen molar-refractivity contribution in [3.63, 3.8) is 0 Å². The van der Waals surface area contributed by atoms with Crippen molar-refractivity contribution in [1.82, 2.24) is 0 Å². The van der Waals surface area contributed by atoms with E-state index < -0.39 is 0 Å². The van der Waals surface area contributed by atoms with E-state index in [9.17, 15) is 4.79 Å². The van der Waals surface area contributed by atoms with E-state index in [0.717, 1.165) is 5.56 Å². The second-order valence-electron chi connectivity index (χ2n) is 3.15. The smallest absolute Gasteiger partial charge is 0.333 e. The molecule has 0 aliphatic carbocycles. The van der Waals surface area contributed by atoms with E-state index in [1.807, 2.05) is 37.3 Å². The number of hydrogen-bond acceptors (Lipinski definition) is 2. The molecule has 0 fully saturated rings. The van der Waals surface area contributed by atoms with E-state index in [0.29, 0.717) is 5.57 Å². The van der Waals surface area contributed by atoms with Gasteiger partial charge in [0, 0.05) is 11.5 Å². The quantitative estimate of drug-likeness (QED) is 0.540. The maximum Gasteiger partial charge on any atom is 0.333 e. The lowest BCUT2D eigenvalue weighted by Gasteiger charge is -2.12. The first-order valence-corrected chi connectivity index (χ1v) is 4.49. The molecule has 74 valence electrons. The Bertz CT molecular complexity index is 327. The molecule has 0 bridgehead atoms. The Kier molecular flexibility index (Phi) is 3.46. The van der Waals surface area contributed by atoms with Crippen LogP contribution in [0.3, 0.4) is 0 Å². The molecule has 1 atom stereocenters. The molecule has 0 aliphatic heterocycles. The fourth-order valence-corrected chi connectivity index (χ4v) is 1.25. The minimum Gasteiger partial charge on any atom is -0.466 e. The van der Waals surface area contributed by atoms with Crippen molar-refractivity contribution in [3.05, 3.63) is 48.0 Å². The van der Waals surface area contributed by atoms with Gasteiger partial charge < -0.3 is 4.74 Å². The molecule has 0 spiro atoms. The molecule has 0 heterocycles. The van der Waals surface area contributed by atoms with Crippen molar-refractivity contribution < 1.29 is 9.53 Å². The predicted molar refractivity (Wildman–Crippen MR) is 56.0 cm³/mol. The highest BCUT2D eigenvalue weighted by Crippen LogP contribution is 2.22. The predicted octanol–water partition coefficient (Wildman–Crippen LogP) is 2.52. The van der Waals surface area contributed by atoms with Crippen LogP contribution in [-0.2, 0) is 9.53 Å². The fraction of sp³-hybridized carbons (Fsp3) is 0.250. The SMILES string of the molecule is C=C(C(=O)OC)[C@@H](C)c1ccccc1. The van der Waals surface area contributed by atoms with Crippen molar-refractivity contribution >= 4 is 5.97 Å². The third-order valence-corrected chi connectivity index (χ3v) is 2.27. The van der Waals surface area contributed by atoms with E-state index in [1.165, 1.54) is 7.11 Å². The highest BCUT2D eigenvalue weighted by atomic mass is 16.5. The van der Waals surface area contributed by atoms with Gasteiger partial charge in [0.05, 0.1) is 7.11 Å². The number of ether oxygens (including phenoxy) is 1. The minimum atomic E-state index is -0.346. The van der Waals surface area contributed by atoms with E-state index in [1.54, 1.807) is 0 Å². The van der Waals surface area contributed by atoms with E-state index in [2.05, 4.69) is 11.3 Å². The zero-order valence-electron chi connectivity index (χ0n) is 8.49. The minimum absolute atomic E-state index is 0.00338. The number of rotatable bonds is 3. The van der Waals surface area contributed by atoms with Crippen LogP contribution in [0.25, 0.3) is 0 Å². The zero-order valence-corrected chi connectivity index (χ0v) is 8.49. The van der Waals surface area contributed by atoms with E-state index in [4.69, 9.17) is 0 Å². The number of carbonyl (C=O) groups is 1. The van der Waals surface area contributed by atoms with Crippen molar-refractivity contribution in [2.45, 2.75) is 12.8 Å². The Hall–Kier alpha value is -1.57. The van der Waals surface area contributed by atoms with Gasteiger partial charge in [0.2, 0.25) is 0 Å². The van der Waals surface area contributed by atoms with Crippen LogP contribution in [0.1, 0.15) is 18.4 Å². The number of carbonyl (C=O) groups excluding carboxylic acids is 1. The maximum absolute atomic E-state index is 11.2. The van der Waals surface area contributed by atoms with Gasteiger partial charge in [-0.3, -0.25) is 0 Å². The van der Waals surface area contributed by atoms with Gasteiger partial charge >= 0.3 is 5.97 Å². The molecule has 2 heteroatoms. The molecule has 1 aromatic rings. The third-order valence-electron chi connectivity index (χ3n) is 2.27. The van der Waals surface area contributed by atoms with Crippen LogP contribution in [0, 0.1) is 0 Å². The summed E-state index contributed by atoms with van der Waals surface area (Å²) in [5.74, 6) is -0.343. The molecule has 0 aliphatic rings. The summed E-state index contributed by atoms with van der Waals surface area (Å²) in [7, 11) is 1.37. The molecule has 0 radical (unpaired) electrons. The lowest BCUT2D eigenvalue weighted by atomic mass is 9.94. The molecule has 1 rings (SSSR count). The Morgan fingerprint density at radius 2 is 1.93 bits per heavy atom. The molecule has 0 unspecified atom stereocenters. The van der Waals surface area contributed by atoms with Gasteiger partial charge in [-0.25, -0.2) is 4.79 Å². The van der Waals surface area contributed by atoms with Crippen molar-refractivity contribution in [2.24, 2.45) is 0 Å². The number of esters is 1. The van der Waals surface area contributed by atoms with E-state index in [-0.39, 0.29) is 11.9 Å². The summed E-state index contributed by atoms with van der Waals surface area (Å²) in [6.45, 7) is 5.67. The topological polar surface area (TPSA) is 26.3 Å². The van der Waals surface area contributed by atoms with Crippen LogP contribution in [0.4, 0.5) is 0 Å². The average Bonchev–Trinajstić information content (AvgIpc) is 2.27. The van der Waals surface area contributed by atoms with Gasteiger partial charge in [0.15, 0.2) is 0 Å². The summed E-state index contributed by atoms with van der Waals surface area (Å²) < 4.78 is 4.62.